The number of methoxy groups -OCH3 is 2. The second-order valence-corrected chi connectivity index (χ2v) is 16.2. The minimum absolute atomic E-state index is 0.0134. The average Bonchev–Trinajstić information content (AvgIpc) is 3.41. The van der Waals surface area contributed by atoms with Gasteiger partial charge in [0.1, 0.15) is 0 Å². The summed E-state index contributed by atoms with van der Waals surface area (Å²) >= 11 is 13.5. The van der Waals surface area contributed by atoms with E-state index in [1.54, 1.807) is 42.5 Å². The van der Waals surface area contributed by atoms with E-state index in [2.05, 4.69) is 29.0 Å². The smallest absolute Gasteiger partial charge is 0.336 e. The van der Waals surface area contributed by atoms with Gasteiger partial charge in [-0.1, -0.05) is 47.5 Å². The third-order valence-corrected chi connectivity index (χ3v) is 12.8. The van der Waals surface area contributed by atoms with Crippen LogP contribution >= 0.6 is 23.2 Å². The lowest BCUT2D eigenvalue weighted by molar-refractivity contribution is -0.137. The first-order valence-electron chi connectivity index (χ1n) is 17.6. The van der Waals surface area contributed by atoms with Gasteiger partial charge in [-0.15, -0.1) is 0 Å². The van der Waals surface area contributed by atoms with Gasteiger partial charge >= 0.3 is 11.9 Å². The first-order valence-corrected chi connectivity index (χ1v) is 19.7. The molecule has 3 saturated heterocycles. The maximum absolute atomic E-state index is 14.1. The highest BCUT2D eigenvalue weighted by molar-refractivity contribution is 7.85. The van der Waals surface area contributed by atoms with Crippen molar-refractivity contribution in [2.24, 2.45) is 0 Å². The van der Waals surface area contributed by atoms with Crippen molar-refractivity contribution in [1.29, 1.82) is 0 Å². The number of carbonyl (C=O) groups is 3. The predicted molar refractivity (Wildman–Crippen MR) is 198 cm³/mol. The van der Waals surface area contributed by atoms with Crippen LogP contribution in [0.4, 0.5) is 0 Å². The molecule has 1 amide bonds. The van der Waals surface area contributed by atoms with Crippen molar-refractivity contribution in [3.63, 3.8) is 0 Å². The van der Waals surface area contributed by atoms with E-state index in [1.807, 2.05) is 11.0 Å². The number of piperazine rings is 1. The number of hydrogen-bond acceptors (Lipinski definition) is 9. The number of piperidine rings is 1. The van der Waals surface area contributed by atoms with Crippen LogP contribution in [-0.4, -0.2) is 107 Å². The van der Waals surface area contributed by atoms with E-state index < -0.39 is 28.7 Å². The fraction of sp³-hybridized carbons (Fsp3) is 0.500. The Labute approximate surface area is 312 Å². The van der Waals surface area contributed by atoms with Gasteiger partial charge in [0.15, 0.2) is 0 Å². The van der Waals surface area contributed by atoms with Crippen molar-refractivity contribution in [3.8, 4) is 0 Å². The van der Waals surface area contributed by atoms with Gasteiger partial charge in [0, 0.05) is 82.2 Å². The Bertz CT molecular complexity index is 1710. The number of rotatable bonds is 10. The third-order valence-electron chi connectivity index (χ3n) is 10.8. The van der Waals surface area contributed by atoms with Gasteiger partial charge in [-0.3, -0.25) is 18.8 Å². The number of dihydropyridines is 1. The van der Waals surface area contributed by atoms with E-state index in [1.165, 1.54) is 27.1 Å². The molecule has 0 aromatic heterocycles. The molecule has 0 spiro atoms. The molecule has 4 atom stereocenters. The maximum Gasteiger partial charge on any atom is 0.336 e. The van der Waals surface area contributed by atoms with E-state index in [-0.39, 0.29) is 56.2 Å². The number of esters is 2. The minimum atomic E-state index is -1.61. The number of halogens is 2. The SMILES string of the molecule is COC(=O)C1=C(CC(=O)N2CCN(C3CC4CCC(C3)N4C(C)C)CC2)NC(CS(=O)c2ccccc2)=C(C(=O)OC)[C@H]1c1c(Cl)cccc1Cl. The number of carbonyl (C=O) groups excluding carboxylic acids is 3. The Morgan fingerprint density at radius 1 is 0.824 bits per heavy atom. The molecule has 0 saturated carbocycles. The van der Waals surface area contributed by atoms with Crippen molar-refractivity contribution >= 4 is 51.8 Å². The molecule has 3 unspecified atom stereocenters. The van der Waals surface area contributed by atoms with Crippen LogP contribution in [0.25, 0.3) is 0 Å². The van der Waals surface area contributed by atoms with E-state index in [0.29, 0.717) is 42.2 Å². The Kier molecular flexibility index (Phi) is 11.9. The molecule has 0 aliphatic carbocycles. The van der Waals surface area contributed by atoms with Gasteiger partial charge in [-0.05, 0) is 63.8 Å². The van der Waals surface area contributed by atoms with Crippen molar-refractivity contribution in [1.82, 2.24) is 20.0 Å². The van der Waals surface area contributed by atoms with Crippen LogP contribution in [0, 0.1) is 0 Å². The second-order valence-electron chi connectivity index (χ2n) is 13.9. The van der Waals surface area contributed by atoms with Crippen molar-refractivity contribution in [2.75, 3.05) is 46.2 Å². The fourth-order valence-corrected chi connectivity index (χ4v) is 10.3. The summed E-state index contributed by atoms with van der Waals surface area (Å²) in [5.74, 6) is -3.00. The summed E-state index contributed by atoms with van der Waals surface area (Å²) in [4.78, 5) is 49.1. The number of amides is 1. The largest absolute Gasteiger partial charge is 0.466 e. The van der Waals surface area contributed by atoms with Gasteiger partial charge in [0.05, 0.1) is 54.3 Å². The van der Waals surface area contributed by atoms with Crippen LogP contribution in [-0.2, 0) is 34.7 Å². The molecular formula is C38H46Cl2N4O6S. The summed E-state index contributed by atoms with van der Waals surface area (Å²) in [7, 11) is 0.855. The van der Waals surface area contributed by atoms with Gasteiger partial charge in [-0.25, -0.2) is 9.59 Å². The molecule has 0 radical (unpaired) electrons. The standard InChI is InChI=1S/C38H46Cl2N4O6S/c1-23(2)44-24-13-14-25(44)20-26(19-24)42-15-17-43(18-16-42)32(45)21-30-34(37(46)49-3)36(33-28(39)11-8-12-29(33)40)35(38(47)50-4)31(41-30)22-51(48)27-9-6-5-7-10-27/h5-12,23-26,36,41H,13-22H2,1-4H3/t24?,25?,26?,36-,51?/m0/s1. The summed E-state index contributed by atoms with van der Waals surface area (Å²) in [6, 6.07) is 16.1. The summed E-state index contributed by atoms with van der Waals surface area (Å²) in [5.41, 5.74) is 0.788. The molecule has 13 heteroatoms. The summed E-state index contributed by atoms with van der Waals surface area (Å²) < 4.78 is 24.2. The Morgan fingerprint density at radius 3 is 1.94 bits per heavy atom. The van der Waals surface area contributed by atoms with E-state index >= 15 is 0 Å². The molecule has 3 fully saturated rings. The van der Waals surface area contributed by atoms with Crippen molar-refractivity contribution < 1.29 is 28.1 Å². The highest BCUT2D eigenvalue weighted by Crippen LogP contribution is 2.46. The van der Waals surface area contributed by atoms with Crippen LogP contribution < -0.4 is 5.32 Å². The van der Waals surface area contributed by atoms with Gasteiger partial charge < -0.3 is 19.7 Å². The number of benzene rings is 2. The zero-order chi connectivity index (χ0) is 36.4. The molecule has 4 aliphatic rings. The lowest BCUT2D eigenvalue weighted by Crippen LogP contribution is -2.57. The molecule has 274 valence electrons. The first kappa shape index (κ1) is 37.5. The Balaban J connectivity index is 1.30. The fourth-order valence-electron chi connectivity index (χ4n) is 8.55. The van der Waals surface area contributed by atoms with Crippen LogP contribution in [0.5, 0.6) is 0 Å². The monoisotopic (exact) mass is 756 g/mol. The van der Waals surface area contributed by atoms with Crippen LogP contribution in [0.15, 0.2) is 76.0 Å². The molecule has 4 heterocycles. The van der Waals surface area contributed by atoms with Gasteiger partial charge in [0.2, 0.25) is 5.91 Å². The average molecular weight is 758 g/mol. The molecule has 2 bridgehead atoms. The summed E-state index contributed by atoms with van der Waals surface area (Å²) in [5, 5.41) is 3.61. The van der Waals surface area contributed by atoms with Gasteiger partial charge in [-0.2, -0.15) is 0 Å². The normalized spacial score (nSPS) is 24.8. The van der Waals surface area contributed by atoms with Gasteiger partial charge in [0.25, 0.3) is 0 Å². The molecule has 4 aliphatic heterocycles. The number of ether oxygens (including phenoxy) is 2. The van der Waals surface area contributed by atoms with E-state index in [0.717, 1.165) is 25.9 Å². The lowest BCUT2D eigenvalue weighted by atomic mass is 9.79. The predicted octanol–water partition coefficient (Wildman–Crippen LogP) is 5.28. The highest BCUT2D eigenvalue weighted by Gasteiger charge is 2.45. The summed E-state index contributed by atoms with van der Waals surface area (Å²) in [6.45, 7) is 7.27. The van der Waals surface area contributed by atoms with E-state index in [9.17, 15) is 18.6 Å². The highest BCUT2D eigenvalue weighted by atomic mass is 35.5. The number of nitrogens with zero attached hydrogens (tertiary/aromatic N) is 3. The molecule has 6 rings (SSSR count). The topological polar surface area (TPSA) is 108 Å². The molecule has 10 nitrogen and oxygen atoms in total. The first-order chi connectivity index (χ1) is 24.5. The zero-order valence-electron chi connectivity index (χ0n) is 29.5. The number of fused-ring (bicyclic) bond motifs is 2. The Hall–Kier alpha value is -3.22. The van der Waals surface area contributed by atoms with Crippen molar-refractivity contribution in [3.05, 3.63) is 86.7 Å². The molecule has 51 heavy (non-hydrogen) atoms. The molecular weight excluding hydrogens is 711 g/mol. The second kappa shape index (κ2) is 16.2. The molecule has 2 aromatic rings. The maximum atomic E-state index is 14.1. The number of hydrogen-bond donors (Lipinski definition) is 1. The van der Waals surface area contributed by atoms with Crippen LogP contribution in [0.3, 0.4) is 0 Å². The van der Waals surface area contributed by atoms with Crippen LogP contribution in [0.2, 0.25) is 10.0 Å². The summed E-state index contributed by atoms with van der Waals surface area (Å²) in [6.07, 6.45) is 4.66. The number of nitrogens with one attached hydrogen (secondary N) is 1. The van der Waals surface area contributed by atoms with Crippen molar-refractivity contribution in [2.45, 2.75) is 80.9 Å². The third kappa shape index (κ3) is 7.78. The van der Waals surface area contributed by atoms with Crippen LogP contribution in [0.1, 0.15) is 57.4 Å². The Morgan fingerprint density at radius 2 is 1.39 bits per heavy atom. The quantitative estimate of drug-likeness (QED) is 0.324. The molecule has 2 aromatic carbocycles. The zero-order valence-corrected chi connectivity index (χ0v) is 31.9. The van der Waals surface area contributed by atoms with E-state index in [4.69, 9.17) is 32.7 Å². The minimum Gasteiger partial charge on any atom is -0.466 e. The lowest BCUT2D eigenvalue weighted by Gasteiger charge is -2.47. The molecule has 1 N–H and O–H groups in total.